The molecule has 0 fully saturated rings. The molecule has 0 unspecified atom stereocenters. The molecule has 2 N–H and O–H groups in total. The summed E-state index contributed by atoms with van der Waals surface area (Å²) < 4.78 is 1.88. The van der Waals surface area contributed by atoms with Gasteiger partial charge in [-0.3, -0.25) is 4.79 Å². The van der Waals surface area contributed by atoms with Crippen molar-refractivity contribution in [3.8, 4) is 5.69 Å². The highest BCUT2D eigenvalue weighted by Gasteiger charge is 2.07. The van der Waals surface area contributed by atoms with E-state index in [1.165, 1.54) is 0 Å². The minimum absolute atomic E-state index is 0. The number of halogens is 1. The lowest BCUT2D eigenvalue weighted by atomic mass is 10.2. The van der Waals surface area contributed by atoms with Crippen molar-refractivity contribution in [1.29, 1.82) is 0 Å². The molecular weight excluding hydrogens is 300 g/mol. The molecule has 0 aliphatic heterocycles. The van der Waals surface area contributed by atoms with Gasteiger partial charge in [0.1, 0.15) is 0 Å². The molecule has 0 bridgehead atoms. The molecule has 2 rings (SSSR count). The van der Waals surface area contributed by atoms with Crippen LogP contribution in [0, 0.1) is 13.8 Å². The Bertz CT molecular complexity index is 607. The maximum absolute atomic E-state index is 12.0. The van der Waals surface area contributed by atoms with Crippen LogP contribution in [0.15, 0.2) is 30.3 Å². The number of rotatable bonds is 6. The molecule has 1 heterocycles. The van der Waals surface area contributed by atoms with Gasteiger partial charge in [-0.2, -0.15) is 5.10 Å². The molecule has 2 aromatic rings. The Labute approximate surface area is 137 Å². The van der Waals surface area contributed by atoms with Gasteiger partial charge in [-0.1, -0.05) is 6.92 Å². The molecule has 120 valence electrons. The van der Waals surface area contributed by atoms with Crippen molar-refractivity contribution in [1.82, 2.24) is 20.4 Å². The van der Waals surface area contributed by atoms with Gasteiger partial charge in [-0.15, -0.1) is 12.4 Å². The number of nitrogens with one attached hydrogen (secondary N) is 2. The van der Waals surface area contributed by atoms with Gasteiger partial charge in [0.25, 0.3) is 5.91 Å². The van der Waals surface area contributed by atoms with E-state index in [0.717, 1.165) is 30.2 Å². The first-order chi connectivity index (χ1) is 10.1. The number of aryl methyl sites for hydroxylation is 2. The van der Waals surface area contributed by atoms with Crippen LogP contribution in [-0.4, -0.2) is 35.3 Å². The zero-order valence-electron chi connectivity index (χ0n) is 13.2. The van der Waals surface area contributed by atoms with Crippen molar-refractivity contribution in [2.75, 3.05) is 19.6 Å². The Morgan fingerprint density at radius 2 is 1.86 bits per heavy atom. The summed E-state index contributed by atoms with van der Waals surface area (Å²) in [5, 5.41) is 10.5. The number of carbonyl (C=O) groups excluding carboxylic acids is 1. The Hall–Kier alpha value is -1.85. The number of carbonyl (C=O) groups is 1. The molecule has 1 aromatic heterocycles. The molecule has 1 aromatic carbocycles. The second-order valence-corrected chi connectivity index (χ2v) is 5.00. The van der Waals surface area contributed by atoms with Crippen LogP contribution >= 0.6 is 12.4 Å². The van der Waals surface area contributed by atoms with E-state index in [9.17, 15) is 4.79 Å². The molecule has 0 spiro atoms. The largest absolute Gasteiger partial charge is 0.351 e. The lowest BCUT2D eigenvalue weighted by molar-refractivity contribution is 0.0954. The van der Waals surface area contributed by atoms with Gasteiger partial charge in [-0.05, 0) is 50.7 Å². The molecule has 1 amide bonds. The van der Waals surface area contributed by atoms with Crippen molar-refractivity contribution in [3.05, 3.63) is 47.3 Å². The van der Waals surface area contributed by atoms with E-state index in [-0.39, 0.29) is 18.3 Å². The lowest BCUT2D eigenvalue weighted by Crippen LogP contribution is -2.31. The van der Waals surface area contributed by atoms with Crippen LogP contribution in [0.5, 0.6) is 0 Å². The summed E-state index contributed by atoms with van der Waals surface area (Å²) in [5.74, 6) is -0.0483. The van der Waals surface area contributed by atoms with Crippen LogP contribution in [0.4, 0.5) is 0 Å². The standard InChI is InChI=1S/C16H22N4O.ClH/c1-4-17-9-10-18-16(21)14-5-7-15(8-6-14)20-13(3)11-12(2)19-20;/h5-8,11,17H,4,9-10H2,1-3H3,(H,18,21);1H. The fourth-order valence-corrected chi connectivity index (χ4v) is 2.19. The number of amides is 1. The number of likely N-dealkylation sites (N-methyl/N-ethyl adjacent to an activating group) is 1. The van der Waals surface area contributed by atoms with Gasteiger partial charge in [0, 0.05) is 24.3 Å². The van der Waals surface area contributed by atoms with Crippen molar-refractivity contribution >= 4 is 18.3 Å². The zero-order valence-corrected chi connectivity index (χ0v) is 14.0. The molecule has 5 nitrogen and oxygen atoms in total. The van der Waals surface area contributed by atoms with E-state index >= 15 is 0 Å². The minimum atomic E-state index is -0.0483. The summed E-state index contributed by atoms with van der Waals surface area (Å²) >= 11 is 0. The fourth-order valence-electron chi connectivity index (χ4n) is 2.19. The monoisotopic (exact) mass is 322 g/mol. The summed E-state index contributed by atoms with van der Waals surface area (Å²) in [7, 11) is 0. The molecule has 6 heteroatoms. The van der Waals surface area contributed by atoms with Gasteiger partial charge in [0.15, 0.2) is 0 Å². The topological polar surface area (TPSA) is 58.9 Å². The number of hydrogen-bond donors (Lipinski definition) is 2. The van der Waals surface area contributed by atoms with Crippen molar-refractivity contribution in [3.63, 3.8) is 0 Å². The van der Waals surface area contributed by atoms with E-state index in [0.29, 0.717) is 12.1 Å². The highest BCUT2D eigenvalue weighted by atomic mass is 35.5. The minimum Gasteiger partial charge on any atom is -0.351 e. The third-order valence-corrected chi connectivity index (χ3v) is 3.22. The highest BCUT2D eigenvalue weighted by molar-refractivity contribution is 5.94. The predicted molar refractivity (Wildman–Crippen MR) is 91.2 cm³/mol. The van der Waals surface area contributed by atoms with E-state index < -0.39 is 0 Å². The van der Waals surface area contributed by atoms with Crippen LogP contribution in [0.2, 0.25) is 0 Å². The van der Waals surface area contributed by atoms with Crippen LogP contribution in [0.1, 0.15) is 28.7 Å². The number of hydrogen-bond acceptors (Lipinski definition) is 3. The third kappa shape index (κ3) is 4.58. The lowest BCUT2D eigenvalue weighted by Gasteiger charge is -2.07. The number of aromatic nitrogens is 2. The van der Waals surface area contributed by atoms with Crippen LogP contribution in [0.3, 0.4) is 0 Å². The highest BCUT2D eigenvalue weighted by Crippen LogP contribution is 2.13. The van der Waals surface area contributed by atoms with E-state index in [1.54, 1.807) is 0 Å². The maximum atomic E-state index is 12.0. The molecule has 0 aliphatic carbocycles. The second kappa shape index (κ2) is 8.56. The predicted octanol–water partition coefficient (Wildman–Crippen LogP) is 2.25. The molecular formula is C16H23ClN4O. The molecule has 0 saturated carbocycles. The normalized spacial score (nSPS) is 10.1. The molecule has 22 heavy (non-hydrogen) atoms. The molecule has 0 saturated heterocycles. The first kappa shape index (κ1) is 18.2. The number of nitrogens with zero attached hydrogens (tertiary/aromatic N) is 2. The summed E-state index contributed by atoms with van der Waals surface area (Å²) in [6.07, 6.45) is 0. The average Bonchev–Trinajstić information content (AvgIpc) is 2.82. The van der Waals surface area contributed by atoms with Crippen molar-refractivity contribution in [2.24, 2.45) is 0 Å². The van der Waals surface area contributed by atoms with Crippen LogP contribution < -0.4 is 10.6 Å². The molecule has 0 atom stereocenters. The smallest absolute Gasteiger partial charge is 0.251 e. The van der Waals surface area contributed by atoms with Crippen LogP contribution in [0.25, 0.3) is 5.69 Å². The third-order valence-electron chi connectivity index (χ3n) is 3.22. The summed E-state index contributed by atoms with van der Waals surface area (Å²) in [6, 6.07) is 9.52. The maximum Gasteiger partial charge on any atom is 0.251 e. The SMILES string of the molecule is CCNCCNC(=O)c1ccc(-n2nc(C)cc2C)cc1.Cl. The number of benzene rings is 1. The van der Waals surface area contributed by atoms with Gasteiger partial charge in [0.2, 0.25) is 0 Å². The van der Waals surface area contributed by atoms with Gasteiger partial charge in [0.05, 0.1) is 11.4 Å². The van der Waals surface area contributed by atoms with Gasteiger partial charge in [-0.25, -0.2) is 4.68 Å². The Morgan fingerprint density at radius 3 is 2.41 bits per heavy atom. The van der Waals surface area contributed by atoms with Gasteiger partial charge >= 0.3 is 0 Å². The van der Waals surface area contributed by atoms with Gasteiger partial charge < -0.3 is 10.6 Å². The van der Waals surface area contributed by atoms with E-state index in [2.05, 4.69) is 15.7 Å². The van der Waals surface area contributed by atoms with E-state index in [1.807, 2.05) is 55.8 Å². The van der Waals surface area contributed by atoms with Crippen molar-refractivity contribution in [2.45, 2.75) is 20.8 Å². The average molecular weight is 323 g/mol. The summed E-state index contributed by atoms with van der Waals surface area (Å²) in [5.41, 5.74) is 3.69. The first-order valence-corrected chi connectivity index (χ1v) is 7.24. The quantitative estimate of drug-likeness (QED) is 0.802. The Balaban J connectivity index is 0.00000242. The molecule has 0 radical (unpaired) electrons. The Morgan fingerprint density at radius 1 is 1.18 bits per heavy atom. The van der Waals surface area contributed by atoms with E-state index in [4.69, 9.17) is 0 Å². The fraction of sp³-hybridized carbons (Fsp3) is 0.375. The van der Waals surface area contributed by atoms with Crippen LogP contribution in [-0.2, 0) is 0 Å². The zero-order chi connectivity index (χ0) is 15.2. The first-order valence-electron chi connectivity index (χ1n) is 7.24. The van der Waals surface area contributed by atoms with Crippen molar-refractivity contribution < 1.29 is 4.79 Å². The summed E-state index contributed by atoms with van der Waals surface area (Å²) in [4.78, 5) is 12.0. The Kier molecular flexibility index (Phi) is 7.08. The second-order valence-electron chi connectivity index (χ2n) is 5.00. The molecule has 0 aliphatic rings. The summed E-state index contributed by atoms with van der Waals surface area (Å²) in [6.45, 7) is 8.35.